The number of methoxy groups -OCH3 is 2. The van der Waals surface area contributed by atoms with Crippen LogP contribution in [0.2, 0.25) is 0 Å². The molecule has 0 saturated carbocycles. The number of halogens is 2. The van der Waals surface area contributed by atoms with E-state index in [1.807, 2.05) is 30.3 Å². The second kappa shape index (κ2) is 10.7. The zero-order valence-electron chi connectivity index (χ0n) is 21.2. The zero-order chi connectivity index (χ0) is 27.6. The van der Waals surface area contributed by atoms with E-state index in [0.717, 1.165) is 23.8 Å². The molecular formula is C30H26F2N2O5. The van der Waals surface area contributed by atoms with E-state index in [1.54, 1.807) is 36.4 Å². The van der Waals surface area contributed by atoms with Gasteiger partial charge in [-0.15, -0.1) is 0 Å². The van der Waals surface area contributed by atoms with Gasteiger partial charge in [-0.25, -0.2) is 13.6 Å². The minimum absolute atomic E-state index is 0.0221. The van der Waals surface area contributed by atoms with Gasteiger partial charge in [0.15, 0.2) is 0 Å². The van der Waals surface area contributed by atoms with Crippen molar-refractivity contribution in [2.75, 3.05) is 24.9 Å². The predicted molar refractivity (Wildman–Crippen MR) is 141 cm³/mol. The summed E-state index contributed by atoms with van der Waals surface area (Å²) in [5.74, 6) is -2.18. The number of carbonyl (C=O) groups excluding carboxylic acids is 2. The monoisotopic (exact) mass is 532 g/mol. The van der Waals surface area contributed by atoms with Crippen LogP contribution >= 0.6 is 0 Å². The van der Waals surface area contributed by atoms with E-state index in [2.05, 4.69) is 10.6 Å². The van der Waals surface area contributed by atoms with Crippen molar-refractivity contribution in [1.82, 2.24) is 0 Å². The lowest BCUT2D eigenvalue weighted by Crippen LogP contribution is -2.49. The Bertz CT molecular complexity index is 1440. The van der Waals surface area contributed by atoms with Crippen molar-refractivity contribution in [2.24, 2.45) is 0 Å². The van der Waals surface area contributed by atoms with Crippen LogP contribution in [-0.2, 0) is 25.5 Å². The third-order valence-electron chi connectivity index (χ3n) is 6.77. The van der Waals surface area contributed by atoms with Gasteiger partial charge in [0.1, 0.15) is 29.1 Å². The Balaban J connectivity index is 1.56. The van der Waals surface area contributed by atoms with E-state index >= 15 is 0 Å². The molecule has 0 aromatic heterocycles. The highest BCUT2D eigenvalue weighted by Gasteiger charge is 2.58. The van der Waals surface area contributed by atoms with E-state index in [9.17, 15) is 18.4 Å². The van der Waals surface area contributed by atoms with Crippen molar-refractivity contribution in [3.05, 3.63) is 113 Å². The van der Waals surface area contributed by atoms with Crippen LogP contribution in [0.4, 0.5) is 20.2 Å². The fraction of sp³-hybridized carbons (Fsp3) is 0.200. The van der Waals surface area contributed by atoms with Crippen LogP contribution in [0.1, 0.15) is 5.56 Å². The largest absolute Gasteiger partial charge is 0.497 e. The molecule has 2 aliphatic heterocycles. The lowest BCUT2D eigenvalue weighted by atomic mass is 9.78. The first-order valence-corrected chi connectivity index (χ1v) is 12.2. The molecule has 1 amide bonds. The molecule has 39 heavy (non-hydrogen) atoms. The Hall–Kier alpha value is -4.50. The quantitative estimate of drug-likeness (QED) is 0.304. The van der Waals surface area contributed by atoms with Gasteiger partial charge in [0.25, 0.3) is 5.91 Å². The van der Waals surface area contributed by atoms with Gasteiger partial charge in [-0.1, -0.05) is 36.4 Å². The van der Waals surface area contributed by atoms with Crippen molar-refractivity contribution < 1.29 is 32.6 Å². The molecule has 7 nitrogen and oxygen atoms in total. The van der Waals surface area contributed by atoms with Crippen LogP contribution in [0.15, 0.2) is 96.1 Å². The van der Waals surface area contributed by atoms with Crippen molar-refractivity contribution in [3.63, 3.8) is 0 Å². The Morgan fingerprint density at radius 1 is 0.974 bits per heavy atom. The van der Waals surface area contributed by atoms with Gasteiger partial charge in [0.05, 0.1) is 31.4 Å². The van der Waals surface area contributed by atoms with Gasteiger partial charge in [-0.2, -0.15) is 0 Å². The van der Waals surface area contributed by atoms with Crippen LogP contribution in [0.25, 0.3) is 0 Å². The molecule has 0 aliphatic carbocycles. The van der Waals surface area contributed by atoms with Crippen LogP contribution in [0.5, 0.6) is 5.75 Å². The molecule has 5 rings (SSSR count). The second-order valence-electron chi connectivity index (χ2n) is 9.20. The number of nitrogens with one attached hydrogen (secondary N) is 2. The van der Waals surface area contributed by atoms with Crippen molar-refractivity contribution >= 4 is 23.3 Å². The zero-order valence-corrected chi connectivity index (χ0v) is 21.2. The van der Waals surface area contributed by atoms with E-state index in [0.29, 0.717) is 17.9 Å². The molecule has 2 aliphatic rings. The SMILES string of the molecule is COC(=O)C1=C(C(=O)Nc2ccc(OC)cc2)C2C=CC1(C(Cc1ccccc1)Nc1cc(F)cc(F)c1)O2. The van der Waals surface area contributed by atoms with Crippen molar-refractivity contribution in [3.8, 4) is 5.75 Å². The molecule has 0 saturated heterocycles. The number of benzene rings is 3. The predicted octanol–water partition coefficient (Wildman–Crippen LogP) is 4.81. The molecule has 2 bridgehead atoms. The Labute approximate surface area is 224 Å². The first-order chi connectivity index (χ1) is 18.8. The molecular weight excluding hydrogens is 506 g/mol. The number of esters is 1. The average molecular weight is 533 g/mol. The summed E-state index contributed by atoms with van der Waals surface area (Å²) < 4.78 is 44.8. The highest BCUT2D eigenvalue weighted by atomic mass is 19.1. The Kier molecular flexibility index (Phi) is 7.17. The summed E-state index contributed by atoms with van der Waals surface area (Å²) in [6.45, 7) is 0. The molecule has 3 atom stereocenters. The summed E-state index contributed by atoms with van der Waals surface area (Å²) in [5, 5.41) is 5.96. The lowest BCUT2D eigenvalue weighted by molar-refractivity contribution is -0.138. The van der Waals surface area contributed by atoms with Crippen LogP contribution in [-0.4, -0.2) is 43.8 Å². The van der Waals surface area contributed by atoms with Gasteiger partial charge in [0, 0.05) is 17.4 Å². The minimum atomic E-state index is -1.46. The van der Waals surface area contributed by atoms with Gasteiger partial charge < -0.3 is 24.8 Å². The maximum absolute atomic E-state index is 14.1. The summed E-state index contributed by atoms with van der Waals surface area (Å²) in [7, 11) is 2.76. The summed E-state index contributed by atoms with van der Waals surface area (Å²) in [6.07, 6.45) is 2.86. The Morgan fingerprint density at radius 3 is 2.31 bits per heavy atom. The van der Waals surface area contributed by atoms with E-state index in [1.165, 1.54) is 14.2 Å². The number of anilines is 2. The number of fused-ring (bicyclic) bond motifs is 2. The molecule has 3 aromatic carbocycles. The van der Waals surface area contributed by atoms with Crippen molar-refractivity contribution in [1.29, 1.82) is 0 Å². The second-order valence-corrected chi connectivity index (χ2v) is 9.20. The highest BCUT2D eigenvalue weighted by Crippen LogP contribution is 2.47. The fourth-order valence-corrected chi connectivity index (χ4v) is 5.03. The van der Waals surface area contributed by atoms with Crippen LogP contribution < -0.4 is 15.4 Å². The summed E-state index contributed by atoms with van der Waals surface area (Å²) in [6, 6.07) is 18.4. The smallest absolute Gasteiger partial charge is 0.337 e. The molecule has 0 fully saturated rings. The Morgan fingerprint density at radius 2 is 1.67 bits per heavy atom. The summed E-state index contributed by atoms with van der Waals surface area (Å²) in [5.41, 5.74) is 0.195. The van der Waals surface area contributed by atoms with Gasteiger partial charge in [-0.05, 0) is 54.5 Å². The third-order valence-corrected chi connectivity index (χ3v) is 6.77. The van der Waals surface area contributed by atoms with E-state index in [-0.39, 0.29) is 16.8 Å². The van der Waals surface area contributed by atoms with Crippen LogP contribution in [0.3, 0.4) is 0 Å². The standard InChI is InChI=1S/C30H26F2N2O5/c1-37-23-10-8-21(9-11-23)34-28(35)26-24-12-13-30(39-24,27(26)29(36)38-2)25(14-18-6-4-3-5-7-18)33-22-16-19(31)15-20(32)17-22/h3-13,15-17,24-25,33H,14H2,1-2H3,(H,34,35). The lowest BCUT2D eigenvalue weighted by Gasteiger charge is -2.36. The summed E-state index contributed by atoms with van der Waals surface area (Å²) in [4.78, 5) is 26.8. The molecule has 0 radical (unpaired) electrons. The summed E-state index contributed by atoms with van der Waals surface area (Å²) >= 11 is 0. The maximum Gasteiger partial charge on any atom is 0.337 e. The number of hydrogen-bond acceptors (Lipinski definition) is 6. The normalized spacial score (nSPS) is 20.1. The first kappa shape index (κ1) is 26.1. The van der Waals surface area contributed by atoms with Gasteiger partial charge in [-0.3, -0.25) is 4.79 Å². The number of rotatable bonds is 9. The highest BCUT2D eigenvalue weighted by molar-refractivity contribution is 6.12. The molecule has 2 heterocycles. The van der Waals surface area contributed by atoms with Crippen LogP contribution in [0, 0.1) is 11.6 Å². The molecule has 3 aromatic rings. The number of hydrogen-bond donors (Lipinski definition) is 2. The third kappa shape index (κ3) is 5.13. The molecule has 9 heteroatoms. The van der Waals surface area contributed by atoms with E-state index in [4.69, 9.17) is 14.2 Å². The van der Waals surface area contributed by atoms with E-state index < -0.39 is 41.3 Å². The molecule has 200 valence electrons. The maximum atomic E-state index is 14.1. The minimum Gasteiger partial charge on any atom is -0.497 e. The van der Waals surface area contributed by atoms with Gasteiger partial charge >= 0.3 is 5.97 Å². The average Bonchev–Trinajstić information content (AvgIpc) is 3.51. The molecule has 0 spiro atoms. The number of amides is 1. The van der Waals surface area contributed by atoms with Gasteiger partial charge in [0.2, 0.25) is 0 Å². The number of carbonyl (C=O) groups is 2. The fourth-order valence-electron chi connectivity index (χ4n) is 5.03. The first-order valence-electron chi connectivity index (χ1n) is 12.2. The molecule has 2 N–H and O–H groups in total. The topological polar surface area (TPSA) is 85.9 Å². The molecule has 3 unspecified atom stereocenters. The van der Waals surface area contributed by atoms with Crippen molar-refractivity contribution in [2.45, 2.75) is 24.2 Å². The number of ether oxygens (including phenoxy) is 3.